The van der Waals surface area contributed by atoms with Crippen molar-refractivity contribution in [1.82, 2.24) is 10.6 Å². The van der Waals surface area contributed by atoms with E-state index in [9.17, 15) is 23.2 Å². The number of benzene rings is 2. The molecule has 0 atom stereocenters. The molecule has 4 rings (SSSR count). The van der Waals surface area contributed by atoms with Crippen LogP contribution in [-0.4, -0.2) is 55.6 Å². The Balaban J connectivity index is -0.000000593. The van der Waals surface area contributed by atoms with Gasteiger partial charge in [-0.2, -0.15) is 19.2 Å². The van der Waals surface area contributed by atoms with E-state index >= 15 is 0 Å². The van der Waals surface area contributed by atoms with Gasteiger partial charge in [-0.3, -0.25) is 9.59 Å². The van der Waals surface area contributed by atoms with Crippen molar-refractivity contribution in [2.45, 2.75) is 78.3 Å². The molecule has 2 amide bonds. The highest BCUT2D eigenvalue weighted by Crippen LogP contribution is 2.34. The summed E-state index contributed by atoms with van der Waals surface area (Å²) in [6.45, 7) is 3.44. The summed E-state index contributed by atoms with van der Waals surface area (Å²) < 4.78 is 33.6. The Kier molecular flexibility index (Phi) is 23.3. The molecule has 2 aliphatic rings. The Morgan fingerprint density at radius 1 is 0.844 bits per heavy atom. The number of hydrogen-bond acceptors (Lipinski definition) is 9. The number of amides is 2. The van der Waals surface area contributed by atoms with E-state index in [0.717, 1.165) is 37.1 Å². The first-order valence-corrected chi connectivity index (χ1v) is 13.2. The van der Waals surface area contributed by atoms with Crippen LogP contribution in [0.25, 0.3) is 0 Å². The molecule has 45 heavy (non-hydrogen) atoms. The molecule has 2 aromatic carbocycles. The Bertz CT molecular complexity index is 1300. The molecule has 0 radical (unpaired) electrons. The number of halogens is 3. The summed E-state index contributed by atoms with van der Waals surface area (Å²) in [5.41, 5.74) is 1.73. The van der Waals surface area contributed by atoms with E-state index in [-0.39, 0.29) is 73.1 Å². The minimum Gasteiger partial charge on any atom is -0.382 e. The molecule has 2 aromatic rings. The van der Waals surface area contributed by atoms with Crippen molar-refractivity contribution in [3.63, 3.8) is 0 Å². The molecule has 250 valence electrons. The van der Waals surface area contributed by atoms with Crippen molar-refractivity contribution >= 4 is 65.3 Å². The highest BCUT2D eigenvalue weighted by atomic mass is 127. The summed E-state index contributed by atoms with van der Waals surface area (Å²) in [5.74, 6) is -1.84. The van der Waals surface area contributed by atoms with Gasteiger partial charge in [-0.15, -0.1) is 24.0 Å². The maximum atomic E-state index is 13.7. The van der Waals surface area contributed by atoms with E-state index in [0.29, 0.717) is 6.04 Å². The number of carbonyl (C=O) groups excluding carboxylic acids is 7. The smallest absolute Gasteiger partial charge is 0.373 e. The first-order chi connectivity index (χ1) is 20.8. The van der Waals surface area contributed by atoms with Crippen molar-refractivity contribution < 1.29 is 43.7 Å². The minimum atomic E-state index is -0.489. The quantitative estimate of drug-likeness (QED) is 0.284. The fourth-order valence-corrected chi connectivity index (χ4v) is 3.80. The number of carbonyl (C=O) groups is 3. The second-order valence-electron chi connectivity index (χ2n) is 9.73. The maximum Gasteiger partial charge on any atom is 0.373 e. The number of hydrogen-bond donors (Lipinski definition) is 4. The topological polar surface area (TPSA) is 168 Å². The van der Waals surface area contributed by atoms with Gasteiger partial charge >= 0.3 is 12.3 Å². The molecule has 2 fully saturated rings. The Hall–Kier alpha value is -4.00. The predicted octanol–water partition coefficient (Wildman–Crippen LogP) is 5.37. The zero-order chi connectivity index (χ0) is 33.7. The monoisotopic (exact) mass is 749 g/mol. The number of nitrogens with one attached hydrogen (secondary N) is 4. The Morgan fingerprint density at radius 2 is 1.24 bits per heavy atom. The lowest BCUT2D eigenvalue weighted by Gasteiger charge is -2.40. The van der Waals surface area contributed by atoms with Crippen molar-refractivity contribution in [2.75, 3.05) is 24.7 Å². The largest absolute Gasteiger partial charge is 0.382 e. The van der Waals surface area contributed by atoms with Crippen LogP contribution in [0, 0.1) is 11.6 Å². The maximum absolute atomic E-state index is 13.7. The van der Waals surface area contributed by atoms with E-state index in [2.05, 4.69) is 28.2 Å². The van der Waals surface area contributed by atoms with Crippen molar-refractivity contribution in [3.8, 4) is 0 Å². The second-order valence-corrected chi connectivity index (χ2v) is 9.73. The van der Waals surface area contributed by atoms with Crippen LogP contribution >= 0.6 is 24.0 Å². The van der Waals surface area contributed by atoms with Crippen molar-refractivity contribution in [1.29, 1.82) is 0 Å². The first kappa shape index (κ1) is 43.1. The molecular formula is C31H43F2IN4O7. The molecule has 14 heteroatoms. The highest BCUT2D eigenvalue weighted by molar-refractivity contribution is 14.0. The van der Waals surface area contributed by atoms with E-state index < -0.39 is 23.4 Å². The van der Waals surface area contributed by atoms with Crippen LogP contribution in [0.15, 0.2) is 36.4 Å². The van der Waals surface area contributed by atoms with Crippen LogP contribution in [0.5, 0.6) is 0 Å². The molecule has 0 heterocycles. The number of ketones is 1. The van der Waals surface area contributed by atoms with E-state index in [1.54, 1.807) is 12.1 Å². The van der Waals surface area contributed by atoms with Crippen molar-refractivity contribution in [3.05, 3.63) is 59.2 Å². The van der Waals surface area contributed by atoms with Gasteiger partial charge < -0.3 is 26.1 Å². The van der Waals surface area contributed by atoms with Crippen LogP contribution in [0.2, 0.25) is 0 Å². The number of anilines is 2. The van der Waals surface area contributed by atoms with E-state index in [4.69, 9.17) is 20.5 Å². The standard InChI is InChI=1S/C13H17FN2O.C12H15FN2O.C3H6O.2CO2.CH4.HI/c1-13(6-3-7-13)16-9-4-5-10(11(14)8-9)12(17)15-2;1-14-12(16)10-6-5-9(7-11(10)13)15-8-3-2-4-8;1-3(2)4;2*2-1-3;;/h4-5,8,16H,3,6-7H2,1-2H3,(H,15,17);5-8,15H,2-4H2,1H3,(H,14,16);1-2H3;;;1H4;1H/i;;1D;;;;. The van der Waals surface area contributed by atoms with Gasteiger partial charge in [0.05, 0.1) is 11.1 Å². The third-order valence-corrected chi connectivity index (χ3v) is 6.26. The summed E-state index contributed by atoms with van der Waals surface area (Å²) in [7, 11) is 2.98. The fourth-order valence-electron chi connectivity index (χ4n) is 3.80. The van der Waals surface area contributed by atoms with Gasteiger partial charge in [-0.1, -0.05) is 7.43 Å². The van der Waals surface area contributed by atoms with E-state index in [1.807, 2.05) is 0 Å². The van der Waals surface area contributed by atoms with Gasteiger partial charge in [-0.25, -0.2) is 8.78 Å². The summed E-state index contributed by atoms with van der Waals surface area (Å²) in [4.78, 5) is 64.7. The van der Waals surface area contributed by atoms with Gasteiger partial charge in [-0.05, 0) is 95.7 Å². The summed E-state index contributed by atoms with van der Waals surface area (Å²) in [5, 5.41) is 11.4. The minimum absolute atomic E-state index is 0. The zero-order valence-corrected chi connectivity index (χ0v) is 27.3. The Morgan fingerprint density at radius 3 is 1.53 bits per heavy atom. The second kappa shape index (κ2) is 24.3. The molecule has 2 saturated carbocycles. The van der Waals surface area contributed by atoms with Crippen molar-refractivity contribution in [2.24, 2.45) is 0 Å². The lowest BCUT2D eigenvalue weighted by Crippen LogP contribution is -2.41. The lowest BCUT2D eigenvalue weighted by molar-refractivity contribution is -0.193. The summed E-state index contributed by atoms with van der Waals surface area (Å²) in [6, 6.07) is 9.73. The molecule has 0 aromatic heterocycles. The normalized spacial score (nSPS) is 13.2. The summed E-state index contributed by atoms with van der Waals surface area (Å²) in [6.07, 6.45) is 7.42. The Labute approximate surface area is 281 Å². The molecule has 0 aliphatic heterocycles. The van der Waals surface area contributed by atoms with Gasteiger partial charge in [0.15, 0.2) is 0 Å². The van der Waals surface area contributed by atoms with Gasteiger partial charge in [0.2, 0.25) is 0 Å². The zero-order valence-electron chi connectivity index (χ0n) is 26.0. The van der Waals surface area contributed by atoms with Gasteiger partial charge in [0.1, 0.15) is 17.4 Å². The lowest BCUT2D eigenvalue weighted by atomic mass is 9.78. The number of Topliss-reactive ketones (excluding diaryl/α,β-unsaturated/α-hetero) is 1. The van der Waals surface area contributed by atoms with Crippen LogP contribution < -0.4 is 21.3 Å². The summed E-state index contributed by atoms with van der Waals surface area (Å²) >= 11 is 0. The molecule has 4 N–H and O–H groups in total. The molecule has 0 saturated heterocycles. The predicted molar refractivity (Wildman–Crippen MR) is 175 cm³/mol. The highest BCUT2D eigenvalue weighted by Gasteiger charge is 2.31. The molecule has 0 bridgehead atoms. The molecular weight excluding hydrogens is 705 g/mol. The first-order valence-electron chi connectivity index (χ1n) is 13.9. The van der Waals surface area contributed by atoms with Crippen LogP contribution in [0.1, 0.15) is 88.8 Å². The number of rotatable bonds is 6. The SMILES string of the molecule is C.CNC(=O)c1ccc(NC2(C)CCC2)cc1F.CNC(=O)c1ccc(NC2CCC2)cc1F.I.O=C=O.O=C=O.[2H]CC(C)=O. The van der Waals surface area contributed by atoms with Crippen LogP contribution in [-0.2, 0) is 24.0 Å². The van der Waals surface area contributed by atoms with E-state index in [1.165, 1.54) is 58.1 Å². The third kappa shape index (κ3) is 17.8. The molecule has 11 nitrogen and oxygen atoms in total. The fraction of sp³-hybridized carbons (Fsp3) is 0.452. The molecule has 0 unspecified atom stereocenters. The van der Waals surface area contributed by atoms with Gasteiger partial charge in [0.25, 0.3) is 11.8 Å². The molecule has 0 spiro atoms. The van der Waals surface area contributed by atoms with Crippen LogP contribution in [0.4, 0.5) is 20.2 Å². The average molecular weight is 750 g/mol. The van der Waals surface area contributed by atoms with Gasteiger partial charge in [0, 0.05) is 38.4 Å². The molecule has 2 aliphatic carbocycles. The third-order valence-electron chi connectivity index (χ3n) is 6.26. The average Bonchev–Trinajstić information content (AvgIpc) is 2.95. The van der Waals surface area contributed by atoms with Crippen LogP contribution in [0.3, 0.4) is 0 Å².